The van der Waals surface area contributed by atoms with E-state index < -0.39 is 0 Å². The number of nitrogens with one attached hydrogen (secondary N) is 1. The van der Waals surface area contributed by atoms with Crippen molar-refractivity contribution in [3.8, 4) is 0 Å². The Bertz CT molecular complexity index is 398. The minimum absolute atomic E-state index is 0. The molecule has 2 bridgehead atoms. The summed E-state index contributed by atoms with van der Waals surface area (Å²) in [6, 6.07) is 0.652. The fraction of sp³-hybridized carbons (Fsp3) is 0.938. The monoisotopic (exact) mass is 453 g/mol. The van der Waals surface area contributed by atoms with E-state index in [0.29, 0.717) is 6.04 Å². The first-order chi connectivity index (χ1) is 10.7. The molecule has 1 N–H and O–H groups in total. The van der Waals surface area contributed by atoms with Crippen molar-refractivity contribution >= 4 is 41.7 Å². The van der Waals surface area contributed by atoms with Gasteiger partial charge in [-0.1, -0.05) is 13.8 Å². The molecule has 0 aromatic heterocycles. The zero-order valence-corrected chi connectivity index (χ0v) is 17.8. The largest absolute Gasteiger partial charge is 0.355 e. The van der Waals surface area contributed by atoms with Gasteiger partial charge in [0.25, 0.3) is 0 Å². The van der Waals surface area contributed by atoms with Gasteiger partial charge in [0.05, 0.1) is 0 Å². The molecular formula is C16H32IN5S. The van der Waals surface area contributed by atoms with Gasteiger partial charge < -0.3 is 10.2 Å². The molecule has 5 nitrogen and oxygen atoms in total. The Labute approximate surface area is 162 Å². The van der Waals surface area contributed by atoms with Gasteiger partial charge in [-0.15, -0.1) is 24.0 Å². The summed E-state index contributed by atoms with van der Waals surface area (Å²) in [5.74, 6) is 3.05. The SMILES string of the molecule is CN=C(NCC1CN2CCN1CC2)N1CCSC(C(C)C)C1.I. The second-order valence-electron chi connectivity index (χ2n) is 7.02. The second kappa shape index (κ2) is 9.10. The molecule has 2 unspecified atom stereocenters. The van der Waals surface area contributed by atoms with E-state index in [4.69, 9.17) is 0 Å². The number of thioether (sulfide) groups is 1. The van der Waals surface area contributed by atoms with Crippen molar-refractivity contribution in [2.75, 3.05) is 65.2 Å². The molecule has 4 fully saturated rings. The van der Waals surface area contributed by atoms with E-state index in [2.05, 4.69) is 50.6 Å². The molecule has 0 aliphatic carbocycles. The molecular weight excluding hydrogens is 421 g/mol. The van der Waals surface area contributed by atoms with Crippen LogP contribution in [-0.4, -0.2) is 97.1 Å². The molecule has 0 radical (unpaired) electrons. The summed E-state index contributed by atoms with van der Waals surface area (Å²) >= 11 is 2.12. The number of aliphatic imine (C=N–C) groups is 1. The maximum Gasteiger partial charge on any atom is 0.193 e. The van der Waals surface area contributed by atoms with Crippen LogP contribution in [0.25, 0.3) is 0 Å². The molecule has 4 aliphatic heterocycles. The van der Waals surface area contributed by atoms with Crippen LogP contribution in [0.1, 0.15) is 13.8 Å². The highest BCUT2D eigenvalue weighted by Gasteiger charge is 2.32. The first-order valence-corrected chi connectivity index (χ1v) is 9.76. The van der Waals surface area contributed by atoms with Gasteiger partial charge in [-0.3, -0.25) is 14.8 Å². The zero-order chi connectivity index (χ0) is 15.5. The minimum atomic E-state index is 0. The number of fused-ring (bicyclic) bond motifs is 3. The Morgan fingerprint density at radius 2 is 1.91 bits per heavy atom. The van der Waals surface area contributed by atoms with Crippen LogP contribution in [0.5, 0.6) is 0 Å². The van der Waals surface area contributed by atoms with Gasteiger partial charge in [-0.25, -0.2) is 0 Å². The fourth-order valence-corrected chi connectivity index (χ4v) is 5.03. The Morgan fingerprint density at radius 3 is 2.48 bits per heavy atom. The number of rotatable bonds is 3. The molecule has 0 aromatic rings. The predicted octanol–water partition coefficient (Wildman–Crippen LogP) is 1.25. The van der Waals surface area contributed by atoms with Crippen LogP contribution in [-0.2, 0) is 0 Å². The van der Waals surface area contributed by atoms with Crippen molar-refractivity contribution in [1.82, 2.24) is 20.0 Å². The molecule has 134 valence electrons. The Balaban J connectivity index is 0.00000192. The average Bonchev–Trinajstić information content (AvgIpc) is 2.57. The summed E-state index contributed by atoms with van der Waals surface area (Å²) in [5.41, 5.74) is 0. The first-order valence-electron chi connectivity index (χ1n) is 8.71. The standard InChI is InChI=1S/C16H31N5S.HI/c1-13(2)15-12-21(8-9-22-15)16(17-3)18-10-14-11-19-4-6-20(14)7-5-19;/h13-15H,4-12H2,1-3H3,(H,17,18);1H. The number of nitrogens with zero attached hydrogens (tertiary/aromatic N) is 4. The molecule has 0 spiro atoms. The summed E-state index contributed by atoms with van der Waals surface area (Å²) in [5, 5.41) is 4.38. The number of piperazine rings is 3. The Kier molecular flexibility index (Phi) is 7.75. The first kappa shape index (κ1) is 19.6. The van der Waals surface area contributed by atoms with Crippen LogP contribution in [0.3, 0.4) is 0 Å². The van der Waals surface area contributed by atoms with Gasteiger partial charge in [-0.2, -0.15) is 11.8 Å². The Hall–Kier alpha value is 0.270. The van der Waals surface area contributed by atoms with Crippen LogP contribution >= 0.6 is 35.7 Å². The molecule has 4 rings (SSSR count). The van der Waals surface area contributed by atoms with E-state index in [-0.39, 0.29) is 24.0 Å². The van der Waals surface area contributed by atoms with Crippen LogP contribution in [0.15, 0.2) is 4.99 Å². The zero-order valence-electron chi connectivity index (χ0n) is 14.7. The van der Waals surface area contributed by atoms with Crippen LogP contribution in [0, 0.1) is 5.92 Å². The number of hydrogen-bond acceptors (Lipinski definition) is 4. The van der Waals surface area contributed by atoms with E-state index >= 15 is 0 Å². The van der Waals surface area contributed by atoms with Gasteiger partial charge >= 0.3 is 0 Å². The lowest BCUT2D eigenvalue weighted by atomic mass is 10.1. The molecule has 4 aliphatic rings. The van der Waals surface area contributed by atoms with Crippen LogP contribution < -0.4 is 5.32 Å². The van der Waals surface area contributed by atoms with Crippen molar-refractivity contribution in [1.29, 1.82) is 0 Å². The topological polar surface area (TPSA) is 34.1 Å². The Morgan fingerprint density at radius 1 is 1.17 bits per heavy atom. The molecule has 23 heavy (non-hydrogen) atoms. The van der Waals surface area contributed by atoms with Gasteiger partial charge in [0.1, 0.15) is 0 Å². The lowest BCUT2D eigenvalue weighted by Gasteiger charge is -2.47. The highest BCUT2D eigenvalue weighted by Crippen LogP contribution is 2.25. The summed E-state index contributed by atoms with van der Waals surface area (Å²) < 4.78 is 0. The quantitative estimate of drug-likeness (QED) is 0.396. The third-order valence-electron chi connectivity index (χ3n) is 5.24. The van der Waals surface area contributed by atoms with E-state index in [1.165, 1.54) is 38.5 Å². The average molecular weight is 453 g/mol. The van der Waals surface area contributed by atoms with Crippen molar-refractivity contribution in [3.05, 3.63) is 0 Å². The maximum atomic E-state index is 4.54. The third-order valence-corrected chi connectivity index (χ3v) is 6.78. The van der Waals surface area contributed by atoms with E-state index in [0.717, 1.165) is 36.8 Å². The fourth-order valence-electron chi connectivity index (χ4n) is 3.73. The molecule has 4 saturated heterocycles. The second-order valence-corrected chi connectivity index (χ2v) is 8.36. The highest BCUT2D eigenvalue weighted by molar-refractivity contribution is 14.0. The van der Waals surface area contributed by atoms with Gasteiger partial charge in [0, 0.05) is 76.5 Å². The van der Waals surface area contributed by atoms with Gasteiger partial charge in [-0.05, 0) is 5.92 Å². The van der Waals surface area contributed by atoms with Crippen LogP contribution in [0.4, 0.5) is 0 Å². The van der Waals surface area contributed by atoms with E-state index in [1.807, 2.05) is 7.05 Å². The molecule has 2 atom stereocenters. The minimum Gasteiger partial charge on any atom is -0.355 e. The van der Waals surface area contributed by atoms with Gasteiger partial charge in [0.2, 0.25) is 0 Å². The summed E-state index contributed by atoms with van der Waals surface area (Å²) in [6.45, 7) is 14.1. The summed E-state index contributed by atoms with van der Waals surface area (Å²) in [4.78, 5) is 12.2. The lowest BCUT2D eigenvalue weighted by molar-refractivity contribution is 0.0152. The molecule has 0 aromatic carbocycles. The molecule has 0 saturated carbocycles. The number of hydrogen-bond donors (Lipinski definition) is 1. The lowest BCUT2D eigenvalue weighted by Crippen LogP contribution is -2.64. The van der Waals surface area contributed by atoms with Crippen molar-refractivity contribution in [2.24, 2.45) is 10.9 Å². The maximum absolute atomic E-state index is 4.54. The molecule has 7 heteroatoms. The number of guanidine groups is 1. The van der Waals surface area contributed by atoms with E-state index in [9.17, 15) is 0 Å². The number of halogens is 1. The normalized spacial score (nSPS) is 34.4. The molecule has 4 heterocycles. The highest BCUT2D eigenvalue weighted by atomic mass is 127. The van der Waals surface area contributed by atoms with Crippen molar-refractivity contribution in [3.63, 3.8) is 0 Å². The third kappa shape index (κ3) is 4.89. The van der Waals surface area contributed by atoms with Crippen molar-refractivity contribution in [2.45, 2.75) is 25.1 Å². The van der Waals surface area contributed by atoms with Crippen LogP contribution in [0.2, 0.25) is 0 Å². The summed E-state index contributed by atoms with van der Waals surface area (Å²) in [7, 11) is 1.92. The predicted molar refractivity (Wildman–Crippen MR) is 111 cm³/mol. The molecule has 0 amide bonds. The smallest absolute Gasteiger partial charge is 0.193 e. The van der Waals surface area contributed by atoms with E-state index in [1.54, 1.807) is 0 Å². The van der Waals surface area contributed by atoms with Crippen molar-refractivity contribution < 1.29 is 0 Å². The summed E-state index contributed by atoms with van der Waals surface area (Å²) in [6.07, 6.45) is 0. The van der Waals surface area contributed by atoms with Gasteiger partial charge in [0.15, 0.2) is 5.96 Å².